The third-order valence-corrected chi connectivity index (χ3v) is 2.66. The lowest BCUT2D eigenvalue weighted by atomic mass is 10.2. The molecule has 2 aromatic rings. The normalized spacial score (nSPS) is 10.4. The molecule has 0 amide bonds. The molecule has 0 atom stereocenters. The molecular formula is C12H12FN3O2. The number of benzene rings is 1. The van der Waals surface area contributed by atoms with Crippen LogP contribution in [0.4, 0.5) is 4.39 Å². The summed E-state index contributed by atoms with van der Waals surface area (Å²) in [5.41, 5.74) is 1.85. The SMILES string of the molecule is COC(=O)c1nnn(-c2ccc(F)c(C)c2)c1C. The molecule has 0 saturated heterocycles. The lowest BCUT2D eigenvalue weighted by Crippen LogP contribution is -2.05. The zero-order valence-electron chi connectivity index (χ0n) is 10.3. The van der Waals surface area contributed by atoms with E-state index in [1.807, 2.05) is 0 Å². The maximum atomic E-state index is 13.2. The molecule has 0 fully saturated rings. The number of esters is 1. The van der Waals surface area contributed by atoms with E-state index in [1.165, 1.54) is 17.9 Å². The van der Waals surface area contributed by atoms with Crippen LogP contribution in [0.2, 0.25) is 0 Å². The number of nitrogens with zero attached hydrogens (tertiary/aromatic N) is 3. The Morgan fingerprint density at radius 2 is 2.11 bits per heavy atom. The van der Waals surface area contributed by atoms with Crippen LogP contribution in [0, 0.1) is 19.7 Å². The fourth-order valence-electron chi connectivity index (χ4n) is 1.62. The van der Waals surface area contributed by atoms with E-state index in [2.05, 4.69) is 15.0 Å². The summed E-state index contributed by atoms with van der Waals surface area (Å²) in [6, 6.07) is 4.56. The van der Waals surface area contributed by atoms with E-state index in [4.69, 9.17) is 0 Å². The minimum absolute atomic E-state index is 0.152. The van der Waals surface area contributed by atoms with E-state index in [-0.39, 0.29) is 11.5 Å². The van der Waals surface area contributed by atoms with Crippen LogP contribution in [0.1, 0.15) is 21.7 Å². The molecule has 0 radical (unpaired) electrons. The molecule has 1 aromatic carbocycles. The Kier molecular flexibility index (Phi) is 3.10. The Morgan fingerprint density at radius 3 is 2.72 bits per heavy atom. The number of rotatable bonds is 2. The van der Waals surface area contributed by atoms with Gasteiger partial charge in [0.15, 0.2) is 5.69 Å². The maximum Gasteiger partial charge on any atom is 0.360 e. The monoisotopic (exact) mass is 249 g/mol. The summed E-state index contributed by atoms with van der Waals surface area (Å²) >= 11 is 0. The highest BCUT2D eigenvalue weighted by atomic mass is 19.1. The van der Waals surface area contributed by atoms with Gasteiger partial charge in [0.1, 0.15) is 5.82 Å². The van der Waals surface area contributed by atoms with Crippen LogP contribution in [0.5, 0.6) is 0 Å². The third-order valence-electron chi connectivity index (χ3n) is 2.66. The minimum Gasteiger partial charge on any atom is -0.464 e. The molecule has 0 bridgehead atoms. The highest BCUT2D eigenvalue weighted by molar-refractivity contribution is 5.88. The van der Waals surface area contributed by atoms with Gasteiger partial charge >= 0.3 is 5.97 Å². The average molecular weight is 249 g/mol. The van der Waals surface area contributed by atoms with E-state index in [9.17, 15) is 9.18 Å². The zero-order valence-corrected chi connectivity index (χ0v) is 10.3. The van der Waals surface area contributed by atoms with Gasteiger partial charge in [-0.05, 0) is 37.6 Å². The Morgan fingerprint density at radius 1 is 1.39 bits per heavy atom. The van der Waals surface area contributed by atoms with Crippen molar-refractivity contribution in [2.24, 2.45) is 0 Å². The van der Waals surface area contributed by atoms with Crippen molar-refractivity contribution in [2.75, 3.05) is 7.11 Å². The highest BCUT2D eigenvalue weighted by Crippen LogP contribution is 2.16. The maximum absolute atomic E-state index is 13.2. The van der Waals surface area contributed by atoms with E-state index < -0.39 is 5.97 Å². The molecule has 0 aliphatic heterocycles. The van der Waals surface area contributed by atoms with Gasteiger partial charge in [-0.15, -0.1) is 5.10 Å². The number of ether oxygens (including phenoxy) is 1. The van der Waals surface area contributed by atoms with Crippen molar-refractivity contribution < 1.29 is 13.9 Å². The first kappa shape index (κ1) is 12.2. The Balaban J connectivity index is 2.48. The summed E-state index contributed by atoms with van der Waals surface area (Å²) in [7, 11) is 1.28. The Labute approximate surface area is 103 Å². The van der Waals surface area contributed by atoms with Crippen LogP contribution in [-0.2, 0) is 4.74 Å². The van der Waals surface area contributed by atoms with Crippen molar-refractivity contribution >= 4 is 5.97 Å². The molecule has 0 aliphatic carbocycles. The number of methoxy groups -OCH3 is 1. The first-order valence-electron chi connectivity index (χ1n) is 5.31. The van der Waals surface area contributed by atoms with Crippen LogP contribution in [0.25, 0.3) is 5.69 Å². The minimum atomic E-state index is -0.544. The predicted octanol–water partition coefficient (Wildman–Crippen LogP) is 1.81. The van der Waals surface area contributed by atoms with Crippen LogP contribution < -0.4 is 0 Å². The van der Waals surface area contributed by atoms with Gasteiger partial charge in [-0.25, -0.2) is 13.9 Å². The van der Waals surface area contributed by atoms with Gasteiger partial charge in [0.25, 0.3) is 0 Å². The molecule has 0 spiro atoms. The van der Waals surface area contributed by atoms with Crippen LogP contribution in [0.15, 0.2) is 18.2 Å². The number of carbonyl (C=O) groups is 1. The fourth-order valence-corrected chi connectivity index (χ4v) is 1.62. The zero-order chi connectivity index (χ0) is 13.3. The largest absolute Gasteiger partial charge is 0.464 e. The van der Waals surface area contributed by atoms with Gasteiger partial charge in [0.05, 0.1) is 18.5 Å². The van der Waals surface area contributed by atoms with Crippen molar-refractivity contribution in [3.05, 3.63) is 41.0 Å². The molecule has 18 heavy (non-hydrogen) atoms. The summed E-state index contributed by atoms with van der Waals surface area (Å²) in [5.74, 6) is -0.831. The van der Waals surface area contributed by atoms with Gasteiger partial charge in [-0.2, -0.15) is 0 Å². The standard InChI is InChI=1S/C12H12FN3O2/c1-7-6-9(4-5-10(7)13)16-8(2)11(14-15-16)12(17)18-3/h4-6H,1-3H3. The molecule has 0 aliphatic rings. The van der Waals surface area contributed by atoms with Gasteiger partial charge in [0, 0.05) is 0 Å². The van der Waals surface area contributed by atoms with Gasteiger partial charge in [0.2, 0.25) is 0 Å². The van der Waals surface area contributed by atoms with Crippen LogP contribution in [-0.4, -0.2) is 28.1 Å². The fraction of sp³-hybridized carbons (Fsp3) is 0.250. The number of hydrogen-bond acceptors (Lipinski definition) is 4. The second-order valence-electron chi connectivity index (χ2n) is 3.86. The summed E-state index contributed by atoms with van der Waals surface area (Å²) in [4.78, 5) is 11.4. The van der Waals surface area contributed by atoms with E-state index in [0.29, 0.717) is 16.9 Å². The second-order valence-corrected chi connectivity index (χ2v) is 3.86. The number of hydrogen-bond donors (Lipinski definition) is 0. The molecule has 1 heterocycles. The smallest absolute Gasteiger partial charge is 0.360 e. The van der Waals surface area contributed by atoms with E-state index in [0.717, 1.165) is 0 Å². The average Bonchev–Trinajstić information content (AvgIpc) is 2.74. The molecule has 6 heteroatoms. The molecule has 0 N–H and O–H groups in total. The Bertz CT molecular complexity index is 607. The Hall–Kier alpha value is -2.24. The summed E-state index contributed by atoms with van der Waals surface area (Å²) in [6.45, 7) is 3.36. The summed E-state index contributed by atoms with van der Waals surface area (Å²) in [6.07, 6.45) is 0. The van der Waals surface area contributed by atoms with Gasteiger partial charge in [-0.3, -0.25) is 0 Å². The van der Waals surface area contributed by atoms with Crippen molar-refractivity contribution in [1.29, 1.82) is 0 Å². The molecule has 0 unspecified atom stereocenters. The number of aryl methyl sites for hydroxylation is 1. The summed E-state index contributed by atoms with van der Waals surface area (Å²) in [5, 5.41) is 7.63. The van der Waals surface area contributed by atoms with Crippen LogP contribution in [0.3, 0.4) is 0 Å². The molecule has 94 valence electrons. The predicted molar refractivity (Wildman–Crippen MR) is 62.1 cm³/mol. The molecule has 0 saturated carbocycles. The lowest BCUT2D eigenvalue weighted by Gasteiger charge is -2.05. The van der Waals surface area contributed by atoms with Crippen molar-refractivity contribution in [3.63, 3.8) is 0 Å². The van der Waals surface area contributed by atoms with Crippen molar-refractivity contribution in [2.45, 2.75) is 13.8 Å². The van der Waals surface area contributed by atoms with Crippen LogP contribution >= 0.6 is 0 Å². The van der Waals surface area contributed by atoms with Gasteiger partial charge < -0.3 is 4.74 Å². The van der Waals surface area contributed by atoms with Crippen molar-refractivity contribution in [1.82, 2.24) is 15.0 Å². The quantitative estimate of drug-likeness (QED) is 0.762. The number of aromatic nitrogens is 3. The number of carbonyl (C=O) groups excluding carboxylic acids is 1. The topological polar surface area (TPSA) is 57.0 Å². The second kappa shape index (κ2) is 4.56. The first-order valence-corrected chi connectivity index (χ1v) is 5.31. The van der Waals surface area contributed by atoms with Gasteiger partial charge in [-0.1, -0.05) is 5.21 Å². The third kappa shape index (κ3) is 1.97. The molecular weight excluding hydrogens is 237 g/mol. The van der Waals surface area contributed by atoms with E-state index in [1.54, 1.807) is 26.0 Å². The van der Waals surface area contributed by atoms with Crippen molar-refractivity contribution in [3.8, 4) is 5.69 Å². The molecule has 1 aromatic heterocycles. The summed E-state index contributed by atoms with van der Waals surface area (Å²) < 4.78 is 19.2. The molecule has 5 nitrogen and oxygen atoms in total. The number of halogens is 1. The van der Waals surface area contributed by atoms with E-state index >= 15 is 0 Å². The molecule has 2 rings (SSSR count). The highest BCUT2D eigenvalue weighted by Gasteiger charge is 2.17. The lowest BCUT2D eigenvalue weighted by molar-refractivity contribution is 0.0593. The first-order chi connectivity index (χ1) is 8.54.